The van der Waals surface area contributed by atoms with Crippen LogP contribution in [0, 0.1) is 11.8 Å². The number of carbonyl (C=O) groups is 3. The average Bonchev–Trinajstić information content (AvgIpc) is 3.46. The molecule has 0 bridgehead atoms. The Bertz CT molecular complexity index is 787. The lowest BCUT2D eigenvalue weighted by molar-refractivity contribution is -0.150. The van der Waals surface area contributed by atoms with Gasteiger partial charge in [-0.3, -0.25) is 14.4 Å². The number of ether oxygens (including phenoxy) is 1. The first-order chi connectivity index (χ1) is 13.4. The van der Waals surface area contributed by atoms with Crippen molar-refractivity contribution in [2.75, 3.05) is 34.3 Å². The van der Waals surface area contributed by atoms with Crippen molar-refractivity contribution in [1.82, 2.24) is 14.7 Å². The number of amides is 3. The molecule has 1 aromatic rings. The Morgan fingerprint density at radius 1 is 1.14 bits per heavy atom. The van der Waals surface area contributed by atoms with Crippen LogP contribution in [0.15, 0.2) is 24.3 Å². The van der Waals surface area contributed by atoms with Crippen LogP contribution in [0.3, 0.4) is 0 Å². The molecule has 28 heavy (non-hydrogen) atoms. The second-order valence-electron chi connectivity index (χ2n) is 8.24. The van der Waals surface area contributed by atoms with E-state index in [1.165, 1.54) is 0 Å². The first-order valence-electron chi connectivity index (χ1n) is 9.85. The largest absolute Gasteiger partial charge is 0.497 e. The lowest BCUT2D eigenvalue weighted by atomic mass is 9.92. The number of methoxy groups -OCH3 is 1. The summed E-state index contributed by atoms with van der Waals surface area (Å²) < 4.78 is 5.24. The summed E-state index contributed by atoms with van der Waals surface area (Å²) >= 11 is 0. The van der Waals surface area contributed by atoms with Crippen molar-refractivity contribution in [3.8, 4) is 5.75 Å². The SMILES string of the molecule is COc1ccc([C@@H]2[C@H](C(=O)N(C)C)C[C@@H]3CN(C(=O)C4CC4)CC(=O)N32)cc1. The van der Waals surface area contributed by atoms with E-state index in [0.29, 0.717) is 13.0 Å². The zero-order chi connectivity index (χ0) is 20.0. The van der Waals surface area contributed by atoms with Gasteiger partial charge in [0.05, 0.1) is 31.7 Å². The van der Waals surface area contributed by atoms with Gasteiger partial charge in [0.15, 0.2) is 0 Å². The van der Waals surface area contributed by atoms with Gasteiger partial charge >= 0.3 is 0 Å². The number of benzene rings is 1. The van der Waals surface area contributed by atoms with Crippen molar-refractivity contribution in [3.05, 3.63) is 29.8 Å². The molecule has 2 aliphatic heterocycles. The monoisotopic (exact) mass is 385 g/mol. The second kappa shape index (κ2) is 7.11. The molecule has 3 fully saturated rings. The number of nitrogens with zero attached hydrogens (tertiary/aromatic N) is 3. The highest BCUT2D eigenvalue weighted by molar-refractivity contribution is 5.90. The van der Waals surface area contributed by atoms with Crippen LogP contribution in [-0.4, -0.2) is 72.8 Å². The van der Waals surface area contributed by atoms with E-state index >= 15 is 0 Å². The van der Waals surface area contributed by atoms with Crippen molar-refractivity contribution in [2.45, 2.75) is 31.3 Å². The van der Waals surface area contributed by atoms with Crippen LogP contribution in [0.5, 0.6) is 5.75 Å². The summed E-state index contributed by atoms with van der Waals surface area (Å²) in [5.41, 5.74) is 0.929. The standard InChI is InChI=1S/C21H27N3O4/c1-22(2)21(27)17-10-15-11-23(20(26)14-4-5-14)12-18(25)24(15)19(17)13-6-8-16(28-3)9-7-13/h6-9,14-15,17,19H,4-5,10-12H2,1-3H3/t15-,17-,19-/m1/s1. The quantitative estimate of drug-likeness (QED) is 0.783. The van der Waals surface area contributed by atoms with Gasteiger partial charge < -0.3 is 19.4 Å². The third-order valence-electron chi connectivity index (χ3n) is 6.10. The summed E-state index contributed by atoms with van der Waals surface area (Å²) in [6.07, 6.45) is 2.43. The molecule has 1 saturated carbocycles. The first kappa shape index (κ1) is 18.8. The fraction of sp³-hybridized carbons (Fsp3) is 0.571. The molecule has 2 saturated heterocycles. The maximum Gasteiger partial charge on any atom is 0.243 e. The molecule has 0 radical (unpaired) electrons. The summed E-state index contributed by atoms with van der Waals surface area (Å²) in [5, 5.41) is 0. The molecule has 0 aromatic heterocycles. The zero-order valence-corrected chi connectivity index (χ0v) is 16.6. The van der Waals surface area contributed by atoms with Crippen molar-refractivity contribution in [2.24, 2.45) is 11.8 Å². The van der Waals surface area contributed by atoms with E-state index in [2.05, 4.69) is 0 Å². The fourth-order valence-electron chi connectivity index (χ4n) is 4.56. The molecular formula is C21H27N3O4. The highest BCUT2D eigenvalue weighted by atomic mass is 16.5. The minimum Gasteiger partial charge on any atom is -0.497 e. The predicted octanol–water partition coefficient (Wildman–Crippen LogP) is 1.29. The summed E-state index contributed by atoms with van der Waals surface area (Å²) in [6.45, 7) is 0.631. The number of hydrogen-bond donors (Lipinski definition) is 0. The molecule has 3 aliphatic rings. The van der Waals surface area contributed by atoms with Crippen LogP contribution in [0.2, 0.25) is 0 Å². The molecule has 7 nitrogen and oxygen atoms in total. The van der Waals surface area contributed by atoms with Gasteiger partial charge in [-0.25, -0.2) is 0 Å². The number of rotatable bonds is 4. The third kappa shape index (κ3) is 3.23. The van der Waals surface area contributed by atoms with Crippen LogP contribution < -0.4 is 4.74 Å². The van der Waals surface area contributed by atoms with Crippen molar-refractivity contribution in [1.29, 1.82) is 0 Å². The molecule has 3 atom stereocenters. The molecule has 1 aliphatic carbocycles. The number of carbonyl (C=O) groups excluding carboxylic acids is 3. The van der Waals surface area contributed by atoms with Gasteiger partial charge in [-0.05, 0) is 37.0 Å². The molecule has 0 N–H and O–H groups in total. The Balaban J connectivity index is 1.64. The number of fused-ring (bicyclic) bond motifs is 1. The third-order valence-corrected chi connectivity index (χ3v) is 6.10. The Morgan fingerprint density at radius 2 is 1.82 bits per heavy atom. The van der Waals surface area contributed by atoms with Gasteiger partial charge in [0.25, 0.3) is 0 Å². The molecule has 0 unspecified atom stereocenters. The van der Waals surface area contributed by atoms with Crippen LogP contribution in [0.4, 0.5) is 0 Å². The smallest absolute Gasteiger partial charge is 0.243 e. The van der Waals surface area contributed by atoms with Crippen molar-refractivity contribution >= 4 is 17.7 Å². The summed E-state index contributed by atoms with van der Waals surface area (Å²) in [6, 6.07) is 7.14. The summed E-state index contributed by atoms with van der Waals surface area (Å²) in [5.74, 6) is 0.560. The van der Waals surface area contributed by atoms with Gasteiger partial charge in [-0.15, -0.1) is 0 Å². The Hall–Kier alpha value is -2.57. The van der Waals surface area contributed by atoms with Gasteiger partial charge in [0.2, 0.25) is 17.7 Å². The number of hydrogen-bond acceptors (Lipinski definition) is 4. The maximum absolute atomic E-state index is 13.1. The predicted molar refractivity (Wildman–Crippen MR) is 102 cm³/mol. The van der Waals surface area contributed by atoms with E-state index in [-0.39, 0.29) is 48.2 Å². The van der Waals surface area contributed by atoms with Gasteiger partial charge in [0.1, 0.15) is 5.75 Å². The molecule has 7 heteroatoms. The molecule has 3 amide bonds. The molecule has 150 valence electrons. The highest BCUT2D eigenvalue weighted by Crippen LogP contribution is 2.44. The van der Waals surface area contributed by atoms with Crippen molar-refractivity contribution in [3.63, 3.8) is 0 Å². The average molecular weight is 385 g/mol. The fourth-order valence-corrected chi connectivity index (χ4v) is 4.56. The second-order valence-corrected chi connectivity index (χ2v) is 8.24. The molecule has 4 rings (SSSR count). The van der Waals surface area contributed by atoms with Crippen LogP contribution in [0.1, 0.15) is 30.9 Å². The van der Waals surface area contributed by atoms with E-state index < -0.39 is 0 Å². The van der Waals surface area contributed by atoms with E-state index in [4.69, 9.17) is 4.74 Å². The molecule has 1 aromatic carbocycles. The Morgan fingerprint density at radius 3 is 2.39 bits per heavy atom. The first-order valence-corrected chi connectivity index (χ1v) is 9.85. The summed E-state index contributed by atoms with van der Waals surface area (Å²) in [4.78, 5) is 43.6. The van der Waals surface area contributed by atoms with E-state index in [0.717, 1.165) is 24.2 Å². The normalized spacial score (nSPS) is 26.8. The Kier molecular flexibility index (Phi) is 4.77. The highest BCUT2D eigenvalue weighted by Gasteiger charge is 2.51. The Labute approximate surface area is 165 Å². The molecule has 0 spiro atoms. The minimum atomic E-state index is -0.312. The lowest BCUT2D eigenvalue weighted by Gasteiger charge is -2.40. The van der Waals surface area contributed by atoms with Crippen LogP contribution in [0.25, 0.3) is 0 Å². The van der Waals surface area contributed by atoms with Crippen LogP contribution in [-0.2, 0) is 14.4 Å². The van der Waals surface area contributed by atoms with E-state index in [1.54, 1.807) is 31.0 Å². The molecule has 2 heterocycles. The summed E-state index contributed by atoms with van der Waals surface area (Å²) in [7, 11) is 5.10. The zero-order valence-electron chi connectivity index (χ0n) is 16.6. The maximum atomic E-state index is 13.1. The molecular weight excluding hydrogens is 358 g/mol. The van der Waals surface area contributed by atoms with Gasteiger partial charge in [-0.2, -0.15) is 0 Å². The van der Waals surface area contributed by atoms with E-state index in [9.17, 15) is 14.4 Å². The van der Waals surface area contributed by atoms with Gasteiger partial charge in [-0.1, -0.05) is 12.1 Å². The number of piperazine rings is 1. The lowest BCUT2D eigenvalue weighted by Crippen LogP contribution is -2.56. The van der Waals surface area contributed by atoms with Crippen LogP contribution >= 0.6 is 0 Å². The minimum absolute atomic E-state index is 0.0167. The topological polar surface area (TPSA) is 70.2 Å². The van der Waals surface area contributed by atoms with Crippen molar-refractivity contribution < 1.29 is 19.1 Å². The van der Waals surface area contributed by atoms with Gasteiger partial charge in [0, 0.05) is 26.6 Å². The van der Waals surface area contributed by atoms with E-state index in [1.807, 2.05) is 29.2 Å².